The average molecular weight is 421 g/mol. The third-order valence-corrected chi connectivity index (χ3v) is 5.68. The lowest BCUT2D eigenvalue weighted by atomic mass is 10.2. The van der Waals surface area contributed by atoms with Gasteiger partial charge in [-0.1, -0.05) is 24.3 Å². The number of rotatable bonds is 9. The molecule has 0 unspecified atom stereocenters. The lowest BCUT2D eigenvalue weighted by Gasteiger charge is -2.21. The number of para-hydroxylation sites is 1. The predicted molar refractivity (Wildman–Crippen MR) is 119 cm³/mol. The van der Waals surface area contributed by atoms with Crippen LogP contribution in [0, 0.1) is 0 Å². The topological polar surface area (TPSA) is 47.7 Å². The summed E-state index contributed by atoms with van der Waals surface area (Å²) < 4.78 is 16.5. The molecule has 0 fully saturated rings. The first-order chi connectivity index (χ1) is 14.7. The Hall–Kier alpha value is -3.09. The molecule has 2 aromatic heterocycles. The van der Waals surface area contributed by atoms with Crippen LogP contribution in [0.15, 0.2) is 76.7 Å². The third kappa shape index (κ3) is 4.90. The van der Waals surface area contributed by atoms with Crippen LogP contribution in [0.4, 0.5) is 0 Å². The number of nitrogens with zero attached hydrogens (tertiary/aromatic N) is 2. The summed E-state index contributed by atoms with van der Waals surface area (Å²) in [4.78, 5) is 8.37. The van der Waals surface area contributed by atoms with Crippen molar-refractivity contribution in [3.8, 4) is 23.0 Å². The minimum atomic E-state index is 0.612. The van der Waals surface area contributed by atoms with E-state index in [0.29, 0.717) is 12.4 Å². The highest BCUT2D eigenvalue weighted by Crippen LogP contribution is 2.25. The van der Waals surface area contributed by atoms with Crippen LogP contribution in [0.3, 0.4) is 0 Å². The summed E-state index contributed by atoms with van der Waals surface area (Å²) in [7, 11) is 3.36. The molecule has 0 radical (unpaired) electrons. The van der Waals surface area contributed by atoms with E-state index in [1.807, 2.05) is 42.5 Å². The maximum Gasteiger partial charge on any atom is 0.226 e. The smallest absolute Gasteiger partial charge is 0.226 e. The number of ether oxygens (including phenoxy) is 2. The Labute approximate surface area is 180 Å². The van der Waals surface area contributed by atoms with Gasteiger partial charge >= 0.3 is 0 Å². The maximum atomic E-state index is 5.75. The van der Waals surface area contributed by atoms with Crippen molar-refractivity contribution >= 4 is 11.3 Å². The van der Waals surface area contributed by atoms with Gasteiger partial charge in [0.1, 0.15) is 17.8 Å². The van der Waals surface area contributed by atoms with E-state index in [1.54, 1.807) is 31.8 Å². The summed E-state index contributed by atoms with van der Waals surface area (Å²) >= 11 is 1.76. The van der Waals surface area contributed by atoms with E-state index in [1.165, 1.54) is 4.88 Å². The Bertz CT molecular complexity index is 1060. The van der Waals surface area contributed by atoms with Crippen molar-refractivity contribution in [1.82, 2.24) is 9.88 Å². The molecule has 0 aliphatic rings. The van der Waals surface area contributed by atoms with Crippen molar-refractivity contribution in [3.63, 3.8) is 0 Å². The molecule has 4 aromatic rings. The lowest BCUT2D eigenvalue weighted by Crippen LogP contribution is -2.22. The number of thiophene rings is 1. The molecule has 0 amide bonds. The number of benzene rings is 2. The number of hydrogen-bond donors (Lipinski definition) is 0. The van der Waals surface area contributed by atoms with Crippen LogP contribution in [0.25, 0.3) is 11.5 Å². The van der Waals surface area contributed by atoms with Gasteiger partial charge in [0, 0.05) is 35.6 Å². The molecule has 0 atom stereocenters. The molecule has 2 aromatic carbocycles. The van der Waals surface area contributed by atoms with Gasteiger partial charge in [-0.05, 0) is 41.8 Å². The molecule has 6 heteroatoms. The lowest BCUT2D eigenvalue weighted by molar-refractivity contribution is 0.242. The van der Waals surface area contributed by atoms with Gasteiger partial charge in [0.25, 0.3) is 0 Å². The third-order valence-electron chi connectivity index (χ3n) is 4.82. The summed E-state index contributed by atoms with van der Waals surface area (Å²) in [6.45, 7) is 2.27. The molecule has 0 aliphatic carbocycles. The molecule has 0 aliphatic heterocycles. The second kappa shape index (κ2) is 9.61. The molecular weight excluding hydrogens is 396 g/mol. The molecule has 0 bridgehead atoms. The van der Waals surface area contributed by atoms with Crippen molar-refractivity contribution in [1.29, 1.82) is 0 Å². The van der Waals surface area contributed by atoms with Crippen molar-refractivity contribution < 1.29 is 13.9 Å². The molecule has 154 valence electrons. The minimum absolute atomic E-state index is 0.612. The SMILES string of the molecule is COc1ccc(-c2nc(CN(Cc3cccs3)Cc3ccccc3OC)co2)cc1. The first-order valence-corrected chi connectivity index (χ1v) is 10.6. The van der Waals surface area contributed by atoms with Gasteiger partial charge in [0.05, 0.1) is 19.9 Å². The van der Waals surface area contributed by atoms with Crippen molar-refractivity contribution in [2.75, 3.05) is 14.2 Å². The van der Waals surface area contributed by atoms with Gasteiger partial charge in [0.15, 0.2) is 0 Å². The summed E-state index contributed by atoms with van der Waals surface area (Å²) in [6, 6.07) is 20.1. The van der Waals surface area contributed by atoms with Crippen molar-refractivity contribution in [2.24, 2.45) is 0 Å². The van der Waals surface area contributed by atoms with Crippen molar-refractivity contribution in [2.45, 2.75) is 19.6 Å². The van der Waals surface area contributed by atoms with Crippen LogP contribution in [-0.2, 0) is 19.6 Å². The van der Waals surface area contributed by atoms with Gasteiger partial charge in [-0.2, -0.15) is 0 Å². The zero-order chi connectivity index (χ0) is 20.8. The standard InChI is InChI=1S/C24H24N2O3S/c1-27-21-11-9-18(10-12-21)24-25-20(17-29-24)15-26(16-22-7-5-13-30-22)14-19-6-3-4-8-23(19)28-2/h3-13,17H,14-16H2,1-2H3. The normalized spacial score (nSPS) is 11.0. The number of oxazole rings is 1. The van der Waals surface area contributed by atoms with E-state index < -0.39 is 0 Å². The molecule has 5 nitrogen and oxygen atoms in total. The molecule has 30 heavy (non-hydrogen) atoms. The number of hydrogen-bond acceptors (Lipinski definition) is 6. The highest BCUT2D eigenvalue weighted by atomic mass is 32.1. The van der Waals surface area contributed by atoms with Gasteiger partial charge in [-0.15, -0.1) is 11.3 Å². The molecule has 0 spiro atoms. The fourth-order valence-corrected chi connectivity index (χ4v) is 4.09. The Morgan fingerprint density at radius 3 is 2.47 bits per heavy atom. The van der Waals surface area contributed by atoms with Gasteiger partial charge in [-0.3, -0.25) is 4.90 Å². The van der Waals surface area contributed by atoms with E-state index in [2.05, 4.69) is 28.5 Å². The fourth-order valence-electron chi connectivity index (χ4n) is 3.34. The zero-order valence-corrected chi connectivity index (χ0v) is 17.9. The first kappa shape index (κ1) is 20.2. The van der Waals surface area contributed by atoms with E-state index in [0.717, 1.165) is 41.4 Å². The molecule has 4 rings (SSSR count). The second-order valence-electron chi connectivity index (χ2n) is 6.91. The minimum Gasteiger partial charge on any atom is -0.497 e. The second-order valence-corrected chi connectivity index (χ2v) is 7.94. The summed E-state index contributed by atoms with van der Waals surface area (Å²) in [5.41, 5.74) is 2.97. The van der Waals surface area contributed by atoms with Crippen LogP contribution < -0.4 is 9.47 Å². The van der Waals surface area contributed by atoms with Gasteiger partial charge < -0.3 is 13.9 Å². The van der Waals surface area contributed by atoms with Gasteiger partial charge in [0.2, 0.25) is 5.89 Å². The Morgan fingerprint density at radius 1 is 0.900 bits per heavy atom. The number of methoxy groups -OCH3 is 2. The number of aromatic nitrogens is 1. The van der Waals surface area contributed by atoms with E-state index in [9.17, 15) is 0 Å². The molecule has 0 saturated heterocycles. The Morgan fingerprint density at radius 2 is 1.73 bits per heavy atom. The summed E-state index contributed by atoms with van der Waals surface area (Å²) in [5, 5.41) is 2.11. The molecule has 2 heterocycles. The van der Waals surface area contributed by atoms with E-state index in [4.69, 9.17) is 18.9 Å². The predicted octanol–water partition coefficient (Wildman–Crippen LogP) is 5.62. The van der Waals surface area contributed by atoms with E-state index >= 15 is 0 Å². The van der Waals surface area contributed by atoms with Crippen LogP contribution >= 0.6 is 11.3 Å². The Balaban J connectivity index is 1.53. The van der Waals surface area contributed by atoms with Crippen LogP contribution in [-0.4, -0.2) is 24.1 Å². The summed E-state index contributed by atoms with van der Waals surface area (Å²) in [6.07, 6.45) is 1.74. The highest BCUT2D eigenvalue weighted by molar-refractivity contribution is 7.09. The fraction of sp³-hybridized carbons (Fsp3) is 0.208. The molecule has 0 saturated carbocycles. The van der Waals surface area contributed by atoms with Crippen LogP contribution in [0.2, 0.25) is 0 Å². The van der Waals surface area contributed by atoms with E-state index in [-0.39, 0.29) is 0 Å². The largest absolute Gasteiger partial charge is 0.497 e. The average Bonchev–Trinajstić information content (AvgIpc) is 3.46. The zero-order valence-electron chi connectivity index (χ0n) is 17.1. The Kier molecular flexibility index (Phi) is 6.47. The molecule has 0 N–H and O–H groups in total. The van der Waals surface area contributed by atoms with Crippen molar-refractivity contribution in [3.05, 3.63) is 88.4 Å². The quantitative estimate of drug-likeness (QED) is 0.352. The summed E-state index contributed by atoms with van der Waals surface area (Å²) in [5.74, 6) is 2.32. The highest BCUT2D eigenvalue weighted by Gasteiger charge is 2.15. The van der Waals surface area contributed by atoms with Gasteiger partial charge in [-0.25, -0.2) is 4.98 Å². The first-order valence-electron chi connectivity index (χ1n) is 9.70. The molecular formula is C24H24N2O3S. The maximum absolute atomic E-state index is 5.75. The van der Waals surface area contributed by atoms with Crippen LogP contribution in [0.1, 0.15) is 16.1 Å². The van der Waals surface area contributed by atoms with Crippen LogP contribution in [0.5, 0.6) is 11.5 Å². The monoisotopic (exact) mass is 420 g/mol.